The number of nitrogens with one attached hydrogen (secondary N) is 1. The number of nitrogens with two attached hydrogens (primary N) is 1. The average Bonchev–Trinajstić information content (AvgIpc) is 3.01. The minimum Gasteiger partial charge on any atom is -0.338 e. The van der Waals surface area contributed by atoms with Gasteiger partial charge in [0.1, 0.15) is 17.3 Å². The van der Waals surface area contributed by atoms with Crippen LogP contribution in [0.2, 0.25) is 0 Å². The number of fused-ring (bicyclic) bond motifs is 1. The molecule has 1 aliphatic rings. The molecule has 7 heteroatoms. The first-order chi connectivity index (χ1) is 10.1. The van der Waals surface area contributed by atoms with Crippen molar-refractivity contribution < 1.29 is 0 Å². The van der Waals surface area contributed by atoms with Crippen molar-refractivity contribution in [1.82, 2.24) is 29.5 Å². The summed E-state index contributed by atoms with van der Waals surface area (Å²) in [6.45, 7) is 3.89. The van der Waals surface area contributed by atoms with Gasteiger partial charge in [-0.15, -0.1) is 10.2 Å². The third-order valence-electron chi connectivity index (χ3n) is 4.22. The monoisotopic (exact) mass is 283 g/mol. The van der Waals surface area contributed by atoms with Gasteiger partial charge in [-0.3, -0.25) is 4.40 Å². The molecule has 0 aliphatic heterocycles. The highest BCUT2D eigenvalue weighted by Crippen LogP contribution is 2.37. The minimum absolute atomic E-state index is 0.303. The van der Waals surface area contributed by atoms with E-state index in [0.717, 1.165) is 53.8 Å². The maximum absolute atomic E-state index is 6.30. The first-order valence-electron chi connectivity index (χ1n) is 7.11. The number of nitrogens with zero attached hydrogens (tertiary/aromatic N) is 5. The molecule has 0 unspecified atom stereocenters. The van der Waals surface area contributed by atoms with Crippen molar-refractivity contribution >= 4 is 5.65 Å². The maximum atomic E-state index is 6.30. The molecule has 0 atom stereocenters. The molecule has 3 N–H and O–H groups in total. The van der Waals surface area contributed by atoms with Gasteiger partial charge in [-0.25, -0.2) is 9.97 Å². The molecule has 0 radical (unpaired) electrons. The van der Waals surface area contributed by atoms with Gasteiger partial charge in [0.15, 0.2) is 11.5 Å². The van der Waals surface area contributed by atoms with Crippen molar-refractivity contribution in [1.29, 1.82) is 0 Å². The van der Waals surface area contributed by atoms with Crippen LogP contribution in [0.4, 0.5) is 0 Å². The van der Waals surface area contributed by atoms with Crippen LogP contribution >= 0.6 is 0 Å². The number of hydrogen-bond donors (Lipinski definition) is 2. The van der Waals surface area contributed by atoms with Gasteiger partial charge in [-0.2, -0.15) is 0 Å². The maximum Gasteiger partial charge on any atom is 0.187 e. The lowest BCUT2D eigenvalue weighted by molar-refractivity contribution is 0.240. The molecule has 1 fully saturated rings. The van der Waals surface area contributed by atoms with Crippen LogP contribution in [0.25, 0.3) is 17.2 Å². The van der Waals surface area contributed by atoms with Gasteiger partial charge in [0.2, 0.25) is 0 Å². The smallest absolute Gasteiger partial charge is 0.187 e. The number of aromatic amines is 1. The van der Waals surface area contributed by atoms with Gasteiger partial charge in [0.05, 0.1) is 11.7 Å². The van der Waals surface area contributed by atoms with Gasteiger partial charge >= 0.3 is 0 Å². The van der Waals surface area contributed by atoms with E-state index in [9.17, 15) is 0 Å². The van der Waals surface area contributed by atoms with Gasteiger partial charge in [-0.05, 0) is 33.1 Å². The van der Waals surface area contributed by atoms with Crippen LogP contribution in [0.3, 0.4) is 0 Å². The van der Waals surface area contributed by atoms with E-state index >= 15 is 0 Å². The van der Waals surface area contributed by atoms with E-state index in [-0.39, 0.29) is 5.54 Å². The molecule has 1 saturated carbocycles. The van der Waals surface area contributed by atoms with Crippen molar-refractivity contribution in [2.24, 2.45) is 5.73 Å². The highest BCUT2D eigenvalue weighted by Gasteiger charge is 2.37. The van der Waals surface area contributed by atoms with Crippen molar-refractivity contribution in [2.45, 2.75) is 38.6 Å². The van der Waals surface area contributed by atoms with Crippen molar-refractivity contribution in [3.05, 3.63) is 29.6 Å². The van der Waals surface area contributed by atoms with Gasteiger partial charge in [0, 0.05) is 11.8 Å². The average molecular weight is 283 g/mol. The van der Waals surface area contributed by atoms with E-state index in [1.165, 1.54) is 0 Å². The highest BCUT2D eigenvalue weighted by atomic mass is 15.3. The number of hydrogen-bond acceptors (Lipinski definition) is 5. The molecule has 3 heterocycles. The molecule has 0 amide bonds. The zero-order chi connectivity index (χ0) is 14.6. The first-order valence-corrected chi connectivity index (χ1v) is 7.11. The number of H-pyrrole nitrogens is 1. The van der Waals surface area contributed by atoms with Crippen LogP contribution in [-0.4, -0.2) is 29.5 Å². The van der Waals surface area contributed by atoms with E-state index in [2.05, 4.69) is 25.1 Å². The normalized spacial score (nSPS) is 17.1. The number of aromatic nitrogens is 6. The summed E-state index contributed by atoms with van der Waals surface area (Å²) in [4.78, 5) is 12.2. The molecular weight excluding hydrogens is 266 g/mol. The third-order valence-corrected chi connectivity index (χ3v) is 4.22. The Bertz CT molecular complexity index is 825. The second-order valence-corrected chi connectivity index (χ2v) is 5.82. The second-order valence-electron chi connectivity index (χ2n) is 5.82. The summed E-state index contributed by atoms with van der Waals surface area (Å²) < 4.78 is 1.92. The van der Waals surface area contributed by atoms with Crippen molar-refractivity contribution in [3.8, 4) is 11.5 Å². The molecule has 7 nitrogen and oxygen atoms in total. The summed E-state index contributed by atoms with van der Waals surface area (Å²) in [5.74, 6) is 2.40. The Hall–Kier alpha value is -2.28. The summed E-state index contributed by atoms with van der Waals surface area (Å²) in [5, 5.41) is 8.48. The van der Waals surface area contributed by atoms with Crippen LogP contribution in [0.5, 0.6) is 0 Å². The molecule has 0 spiro atoms. The van der Waals surface area contributed by atoms with Crippen LogP contribution in [0.1, 0.15) is 36.6 Å². The Morgan fingerprint density at radius 3 is 2.81 bits per heavy atom. The van der Waals surface area contributed by atoms with Crippen LogP contribution in [-0.2, 0) is 5.54 Å². The first kappa shape index (κ1) is 12.5. The van der Waals surface area contributed by atoms with E-state index in [1.807, 2.05) is 24.3 Å². The Labute approximate surface area is 121 Å². The molecule has 0 saturated heterocycles. The number of aryl methyl sites for hydroxylation is 2. The van der Waals surface area contributed by atoms with E-state index in [1.54, 1.807) is 6.20 Å². The second kappa shape index (κ2) is 4.11. The lowest BCUT2D eigenvalue weighted by Gasteiger charge is -2.35. The fourth-order valence-electron chi connectivity index (χ4n) is 2.89. The largest absolute Gasteiger partial charge is 0.338 e. The SMILES string of the molecule is Cc1cc2nnc(-c3cnc(C4(N)CCC4)[nH]3)n2c(C)n1. The molecule has 4 rings (SSSR count). The fourth-order valence-corrected chi connectivity index (χ4v) is 2.89. The summed E-state index contributed by atoms with van der Waals surface area (Å²) >= 11 is 0. The van der Waals surface area contributed by atoms with Gasteiger partial charge in [0.25, 0.3) is 0 Å². The molecule has 0 bridgehead atoms. The fraction of sp³-hybridized carbons (Fsp3) is 0.429. The zero-order valence-corrected chi connectivity index (χ0v) is 12.1. The Balaban J connectivity index is 1.84. The number of imidazole rings is 1. The standard InChI is InChI=1S/C14H17N7/c1-8-6-11-19-20-12(21(11)9(2)17-8)10-7-16-13(18-10)14(15)4-3-5-14/h6-7H,3-5,15H2,1-2H3,(H,16,18). The van der Waals surface area contributed by atoms with Gasteiger partial charge < -0.3 is 10.7 Å². The van der Waals surface area contributed by atoms with Crippen molar-refractivity contribution in [3.63, 3.8) is 0 Å². The summed E-state index contributed by atoms with van der Waals surface area (Å²) in [6, 6.07) is 1.91. The highest BCUT2D eigenvalue weighted by molar-refractivity contribution is 5.55. The molecule has 1 aliphatic carbocycles. The molecule has 3 aromatic heterocycles. The van der Waals surface area contributed by atoms with Crippen molar-refractivity contribution in [2.75, 3.05) is 0 Å². The minimum atomic E-state index is -0.303. The van der Waals surface area contributed by atoms with Crippen LogP contribution in [0, 0.1) is 13.8 Å². The molecule has 21 heavy (non-hydrogen) atoms. The molecule has 0 aromatic carbocycles. The quantitative estimate of drug-likeness (QED) is 0.742. The molecule has 108 valence electrons. The Morgan fingerprint density at radius 1 is 1.29 bits per heavy atom. The summed E-state index contributed by atoms with van der Waals surface area (Å²) in [6.07, 6.45) is 4.88. The number of rotatable bonds is 2. The predicted octanol–water partition coefficient (Wildman–Crippen LogP) is 1.47. The molecule has 3 aromatic rings. The lowest BCUT2D eigenvalue weighted by Crippen LogP contribution is -2.44. The summed E-state index contributed by atoms with van der Waals surface area (Å²) in [5.41, 5.74) is 8.54. The van der Waals surface area contributed by atoms with E-state index < -0.39 is 0 Å². The third kappa shape index (κ3) is 1.77. The molecular formula is C14H17N7. The lowest BCUT2D eigenvalue weighted by atomic mass is 9.77. The Kier molecular flexibility index (Phi) is 2.44. The zero-order valence-electron chi connectivity index (χ0n) is 12.1. The van der Waals surface area contributed by atoms with E-state index in [4.69, 9.17) is 5.73 Å². The topological polar surface area (TPSA) is 97.8 Å². The van der Waals surface area contributed by atoms with Crippen LogP contribution < -0.4 is 5.73 Å². The predicted molar refractivity (Wildman–Crippen MR) is 77.6 cm³/mol. The van der Waals surface area contributed by atoms with Gasteiger partial charge in [-0.1, -0.05) is 0 Å². The van der Waals surface area contributed by atoms with E-state index in [0.29, 0.717) is 0 Å². The Morgan fingerprint density at radius 2 is 2.10 bits per heavy atom. The van der Waals surface area contributed by atoms with Crippen LogP contribution in [0.15, 0.2) is 12.3 Å². The summed E-state index contributed by atoms with van der Waals surface area (Å²) in [7, 11) is 0.